The Bertz CT molecular complexity index is 603. The average molecular weight is 324 g/mol. The van der Waals surface area contributed by atoms with Crippen molar-refractivity contribution in [1.82, 2.24) is 10.0 Å². The van der Waals surface area contributed by atoms with Crippen molar-refractivity contribution >= 4 is 15.9 Å². The Morgan fingerprint density at radius 1 is 1.18 bits per heavy atom. The molecule has 122 valence electrons. The second-order valence-electron chi connectivity index (χ2n) is 6.22. The second-order valence-corrected chi connectivity index (χ2v) is 7.99. The summed E-state index contributed by atoms with van der Waals surface area (Å²) in [5, 5.41) is 2.99. The highest BCUT2D eigenvalue weighted by molar-refractivity contribution is 7.89. The molecule has 1 aliphatic rings. The smallest absolute Gasteiger partial charge is 0.251 e. The summed E-state index contributed by atoms with van der Waals surface area (Å²) in [6, 6.07) is 6.34. The highest BCUT2D eigenvalue weighted by atomic mass is 32.2. The lowest BCUT2D eigenvalue weighted by molar-refractivity contribution is 0.0938. The first kappa shape index (κ1) is 17.0. The molecule has 22 heavy (non-hydrogen) atoms. The van der Waals surface area contributed by atoms with Gasteiger partial charge in [0.2, 0.25) is 10.0 Å². The number of nitrogens with one attached hydrogen (secondary N) is 2. The number of carbonyl (C=O) groups excluding carboxylic acids is 1. The standard InChI is InChI=1S/C16H24N2O3S/c1-12(2)11-17-22(20,21)15-9-7-13(8-10-15)16(19)18-14-5-3-4-6-14/h7-10,12,14,17H,3-6,11H2,1-2H3,(H,18,19). The van der Waals surface area contributed by atoms with E-state index in [0.717, 1.165) is 25.7 Å². The molecule has 0 atom stereocenters. The minimum absolute atomic E-state index is 0.133. The first-order valence-electron chi connectivity index (χ1n) is 7.79. The van der Waals surface area contributed by atoms with Gasteiger partial charge in [-0.15, -0.1) is 0 Å². The van der Waals surface area contributed by atoms with E-state index in [-0.39, 0.29) is 22.8 Å². The van der Waals surface area contributed by atoms with Crippen LogP contribution in [0.5, 0.6) is 0 Å². The van der Waals surface area contributed by atoms with Crippen LogP contribution in [-0.2, 0) is 10.0 Å². The molecule has 6 heteroatoms. The van der Waals surface area contributed by atoms with E-state index in [0.29, 0.717) is 12.1 Å². The Hall–Kier alpha value is -1.40. The van der Waals surface area contributed by atoms with Crippen LogP contribution in [0.25, 0.3) is 0 Å². The van der Waals surface area contributed by atoms with Gasteiger partial charge in [-0.1, -0.05) is 26.7 Å². The van der Waals surface area contributed by atoms with Gasteiger partial charge in [0.25, 0.3) is 5.91 Å². The van der Waals surface area contributed by atoms with Crippen LogP contribution in [0.2, 0.25) is 0 Å². The number of hydrogen-bond acceptors (Lipinski definition) is 3. The van der Waals surface area contributed by atoms with Crippen LogP contribution in [0.4, 0.5) is 0 Å². The van der Waals surface area contributed by atoms with Crippen molar-refractivity contribution in [2.45, 2.75) is 50.5 Å². The molecule has 1 aromatic carbocycles. The molecule has 1 aromatic rings. The molecule has 0 unspecified atom stereocenters. The van der Waals surface area contributed by atoms with Crippen LogP contribution in [0.1, 0.15) is 49.9 Å². The molecule has 0 aromatic heterocycles. The molecule has 0 heterocycles. The summed E-state index contributed by atoms with van der Waals surface area (Å²) >= 11 is 0. The molecular formula is C16H24N2O3S. The maximum Gasteiger partial charge on any atom is 0.251 e. The predicted octanol–water partition coefficient (Wildman–Crippen LogP) is 2.29. The quantitative estimate of drug-likeness (QED) is 0.843. The summed E-state index contributed by atoms with van der Waals surface area (Å²) in [5.74, 6) is 0.109. The highest BCUT2D eigenvalue weighted by Gasteiger charge is 2.19. The van der Waals surface area contributed by atoms with Crippen molar-refractivity contribution in [2.75, 3.05) is 6.54 Å². The lowest BCUT2D eigenvalue weighted by Crippen LogP contribution is -2.32. The van der Waals surface area contributed by atoms with Gasteiger partial charge in [-0.3, -0.25) is 4.79 Å². The van der Waals surface area contributed by atoms with Gasteiger partial charge in [-0.25, -0.2) is 13.1 Å². The lowest BCUT2D eigenvalue weighted by atomic mass is 10.2. The van der Waals surface area contributed by atoms with Crippen molar-refractivity contribution in [2.24, 2.45) is 5.92 Å². The SMILES string of the molecule is CC(C)CNS(=O)(=O)c1ccc(C(=O)NC2CCCC2)cc1. The third-order valence-electron chi connectivity index (χ3n) is 3.80. The highest BCUT2D eigenvalue weighted by Crippen LogP contribution is 2.18. The lowest BCUT2D eigenvalue weighted by Gasteiger charge is -2.12. The number of hydrogen-bond donors (Lipinski definition) is 2. The summed E-state index contributed by atoms with van der Waals surface area (Å²) in [6.45, 7) is 4.28. The van der Waals surface area contributed by atoms with Gasteiger partial charge in [0.15, 0.2) is 0 Å². The summed E-state index contributed by atoms with van der Waals surface area (Å²) < 4.78 is 26.7. The van der Waals surface area contributed by atoms with Gasteiger partial charge in [0.05, 0.1) is 4.90 Å². The molecule has 0 bridgehead atoms. The van der Waals surface area contributed by atoms with E-state index in [9.17, 15) is 13.2 Å². The van der Waals surface area contributed by atoms with Gasteiger partial charge >= 0.3 is 0 Å². The van der Waals surface area contributed by atoms with E-state index in [1.807, 2.05) is 13.8 Å². The Balaban J connectivity index is 2.01. The number of sulfonamides is 1. The first-order chi connectivity index (χ1) is 10.4. The molecule has 1 fully saturated rings. The zero-order valence-corrected chi connectivity index (χ0v) is 13.9. The van der Waals surface area contributed by atoms with Gasteiger partial charge in [-0.05, 0) is 43.0 Å². The maximum atomic E-state index is 12.1. The number of rotatable bonds is 6. The van der Waals surface area contributed by atoms with Crippen LogP contribution in [0.3, 0.4) is 0 Å². The van der Waals surface area contributed by atoms with Gasteiger partial charge in [0.1, 0.15) is 0 Å². The largest absolute Gasteiger partial charge is 0.349 e. The Morgan fingerprint density at radius 2 is 1.77 bits per heavy atom. The first-order valence-corrected chi connectivity index (χ1v) is 9.27. The molecule has 1 aliphatic carbocycles. The fraction of sp³-hybridized carbons (Fsp3) is 0.562. The van der Waals surface area contributed by atoms with Crippen molar-refractivity contribution in [1.29, 1.82) is 0 Å². The van der Waals surface area contributed by atoms with E-state index in [1.165, 1.54) is 12.1 Å². The maximum absolute atomic E-state index is 12.1. The van der Waals surface area contributed by atoms with E-state index >= 15 is 0 Å². The van der Waals surface area contributed by atoms with Gasteiger partial charge < -0.3 is 5.32 Å². The molecule has 1 amide bonds. The van der Waals surface area contributed by atoms with E-state index in [4.69, 9.17) is 0 Å². The molecule has 0 spiro atoms. The number of amides is 1. The van der Waals surface area contributed by atoms with Crippen LogP contribution < -0.4 is 10.0 Å². The van der Waals surface area contributed by atoms with Crippen molar-refractivity contribution in [3.63, 3.8) is 0 Å². The van der Waals surface area contributed by atoms with Crippen molar-refractivity contribution < 1.29 is 13.2 Å². The van der Waals surface area contributed by atoms with Crippen LogP contribution >= 0.6 is 0 Å². The third-order valence-corrected chi connectivity index (χ3v) is 5.24. The Labute approximate surface area is 132 Å². The summed E-state index contributed by atoms with van der Waals surface area (Å²) in [4.78, 5) is 12.3. The topological polar surface area (TPSA) is 75.3 Å². The van der Waals surface area contributed by atoms with E-state index in [2.05, 4.69) is 10.0 Å². The molecule has 1 saturated carbocycles. The molecule has 0 aliphatic heterocycles. The van der Waals surface area contributed by atoms with Gasteiger partial charge in [-0.2, -0.15) is 0 Å². The number of carbonyl (C=O) groups is 1. The second kappa shape index (κ2) is 7.24. The fourth-order valence-electron chi connectivity index (χ4n) is 2.48. The third kappa shape index (κ3) is 4.55. The summed E-state index contributed by atoms with van der Waals surface area (Å²) in [5.41, 5.74) is 0.495. The molecule has 2 rings (SSSR count). The Morgan fingerprint density at radius 3 is 2.32 bits per heavy atom. The number of benzene rings is 1. The zero-order valence-electron chi connectivity index (χ0n) is 13.1. The Kier molecular flexibility index (Phi) is 5.58. The van der Waals surface area contributed by atoms with E-state index in [1.54, 1.807) is 12.1 Å². The minimum Gasteiger partial charge on any atom is -0.349 e. The average Bonchev–Trinajstić information content (AvgIpc) is 2.98. The van der Waals surface area contributed by atoms with E-state index < -0.39 is 10.0 Å². The normalized spacial score (nSPS) is 16.1. The molecule has 5 nitrogen and oxygen atoms in total. The summed E-state index contributed by atoms with van der Waals surface area (Å²) in [7, 11) is -3.50. The van der Waals surface area contributed by atoms with Crippen LogP contribution in [0.15, 0.2) is 29.2 Å². The molecular weight excluding hydrogens is 300 g/mol. The zero-order chi connectivity index (χ0) is 16.2. The monoisotopic (exact) mass is 324 g/mol. The van der Waals surface area contributed by atoms with Crippen LogP contribution in [-0.4, -0.2) is 26.9 Å². The molecule has 2 N–H and O–H groups in total. The predicted molar refractivity (Wildman–Crippen MR) is 86.2 cm³/mol. The molecule has 0 radical (unpaired) electrons. The van der Waals surface area contributed by atoms with Gasteiger partial charge in [0, 0.05) is 18.2 Å². The summed E-state index contributed by atoms with van der Waals surface area (Å²) in [6.07, 6.45) is 4.36. The van der Waals surface area contributed by atoms with Crippen molar-refractivity contribution in [3.05, 3.63) is 29.8 Å². The van der Waals surface area contributed by atoms with Crippen LogP contribution in [0, 0.1) is 5.92 Å². The molecule has 0 saturated heterocycles. The minimum atomic E-state index is -3.50. The fourth-order valence-corrected chi connectivity index (χ4v) is 3.70. The van der Waals surface area contributed by atoms with Crippen molar-refractivity contribution in [3.8, 4) is 0 Å².